The van der Waals surface area contributed by atoms with Gasteiger partial charge in [0.1, 0.15) is 17.6 Å². The first kappa shape index (κ1) is 42.7. The number of nitrogens with zero attached hydrogens (tertiary/aromatic N) is 1. The predicted octanol–water partition coefficient (Wildman–Crippen LogP) is 2.59. The van der Waals surface area contributed by atoms with Gasteiger partial charge in [-0.3, -0.25) is 0 Å². The Bertz CT molecular complexity index is 2230. The molecule has 11 nitrogen and oxygen atoms in total. The Morgan fingerprint density at radius 3 is 2.53 bits per heavy atom. The van der Waals surface area contributed by atoms with Gasteiger partial charge in [0.25, 0.3) is 0 Å². The van der Waals surface area contributed by atoms with Crippen molar-refractivity contribution in [1.29, 1.82) is 0 Å². The van der Waals surface area contributed by atoms with Crippen molar-refractivity contribution in [2.45, 2.75) is 99.7 Å². The summed E-state index contributed by atoms with van der Waals surface area (Å²) in [4.78, 5) is 4.68. The molecule has 10 unspecified atom stereocenters. The molecule has 5 heterocycles. The van der Waals surface area contributed by atoms with Crippen molar-refractivity contribution in [3.63, 3.8) is 0 Å². The fraction of sp³-hybridized carbons (Fsp3) is 0.489. The van der Waals surface area contributed by atoms with Gasteiger partial charge in [0.2, 0.25) is 5.72 Å². The van der Waals surface area contributed by atoms with Crippen LogP contribution in [0.1, 0.15) is 110 Å². The number of ether oxygens (including phenoxy) is 2. The Kier molecular flexibility index (Phi) is 12.8. The van der Waals surface area contributed by atoms with Crippen LogP contribution in [-0.2, 0) is 27.0 Å². The number of hydrogen-bond donors (Lipinski definition) is 5. The Labute approximate surface area is 363 Å². The van der Waals surface area contributed by atoms with Gasteiger partial charge in [0.15, 0.2) is 5.96 Å². The van der Waals surface area contributed by atoms with Crippen LogP contribution in [-0.4, -0.2) is 58.8 Å². The third-order valence-electron chi connectivity index (χ3n) is 13.2. The maximum absolute atomic E-state index is 13.9. The van der Waals surface area contributed by atoms with E-state index >= 15 is 0 Å². The molecule has 5 aliphatic heterocycles. The minimum absolute atomic E-state index is 0. The Morgan fingerprint density at radius 2 is 1.81 bits per heavy atom. The summed E-state index contributed by atoms with van der Waals surface area (Å²) in [6.45, 7) is 1.97. The van der Waals surface area contributed by atoms with Gasteiger partial charge in [-0.15, -0.1) is 0 Å². The molecule has 1 fully saturated rings. The first-order chi connectivity index (χ1) is 27.4. The third kappa shape index (κ3) is 8.48. The molecule has 58 heavy (non-hydrogen) atoms. The summed E-state index contributed by atoms with van der Waals surface area (Å²) < 4.78 is 55.5. The van der Waals surface area contributed by atoms with E-state index in [-0.39, 0.29) is 103 Å². The first-order valence-electron chi connectivity index (χ1n) is 20.2. The fourth-order valence-corrected chi connectivity index (χ4v) is 11.6. The number of phenolic OH excluding ortho intramolecular Hbond substituents is 1. The number of fused-ring (bicyclic) bond motifs is 9. The molecular formula is C45H52N3NaO8S. The minimum atomic E-state index is -4.86. The summed E-state index contributed by atoms with van der Waals surface area (Å²) in [6.07, 6.45) is 5.65. The topological polar surface area (TPSA) is 201 Å². The van der Waals surface area contributed by atoms with Crippen molar-refractivity contribution in [3.05, 3.63) is 106 Å². The van der Waals surface area contributed by atoms with Crippen molar-refractivity contribution >= 4 is 16.1 Å². The number of nitrogens with two attached hydrogens (primary N) is 2. The summed E-state index contributed by atoms with van der Waals surface area (Å²) in [7, 11) is -4.86. The smallest absolute Gasteiger partial charge is 0.748 e. The number of benzene rings is 3. The number of aryl methyl sites for hydroxylation is 1. The Morgan fingerprint density at radius 1 is 1.03 bits per heavy atom. The van der Waals surface area contributed by atoms with Crippen LogP contribution in [0.5, 0.6) is 11.5 Å². The number of aliphatic hydroxyl groups excluding tert-OH is 2. The van der Waals surface area contributed by atoms with Crippen LogP contribution in [0.3, 0.4) is 0 Å². The fourth-order valence-electron chi connectivity index (χ4n) is 10.6. The zero-order valence-corrected chi connectivity index (χ0v) is 36.0. The molecule has 7 N–H and O–H groups in total. The summed E-state index contributed by atoms with van der Waals surface area (Å²) in [5.74, 6) is 5.46. The second-order valence-electron chi connectivity index (χ2n) is 16.9. The van der Waals surface area contributed by atoms with Crippen LogP contribution >= 0.6 is 0 Å². The molecule has 0 radical (unpaired) electrons. The molecule has 3 aromatic rings. The van der Waals surface area contributed by atoms with Gasteiger partial charge in [0, 0.05) is 42.7 Å². The third-order valence-corrected chi connectivity index (χ3v) is 14.5. The largest absolute Gasteiger partial charge is 1.00 e. The summed E-state index contributed by atoms with van der Waals surface area (Å²) in [6, 6.07) is 18.7. The van der Waals surface area contributed by atoms with E-state index < -0.39 is 33.1 Å². The standard InChI is InChI=1S/C45H53N3O8S.Na/c1-26-6-7-30-21-35-13-15-37(30)39(26)24-41(57(52,53)54)40-23-32-19-31(42(40)28-8-10-33(11-9-28)45(56-35,16-3-17-49)48-44(46)47)22-36-18-27(25-50)4-2-5-29-20-34(51)12-14-38(29)43(32)55-36;/h8-15,20-21,23,26-27,31,36,39-43,49-51H,3-4,6-7,16-19,22,24-25H2,1H3,(H4,46,47,48)(H,52,53,54);/q;+1/p-1. The van der Waals surface area contributed by atoms with E-state index in [1.807, 2.05) is 54.6 Å². The average molecular weight is 818 g/mol. The number of aliphatic hydroxyl groups is 2. The molecule has 0 aromatic heterocycles. The number of guanidine groups is 1. The molecule has 0 saturated carbocycles. The predicted molar refractivity (Wildman–Crippen MR) is 215 cm³/mol. The molecule has 10 rings (SSSR count). The Hall–Kier alpha value is -3.38. The normalized spacial score (nSPS) is 31.2. The van der Waals surface area contributed by atoms with Gasteiger partial charge in [-0.25, -0.2) is 13.4 Å². The van der Waals surface area contributed by atoms with Crippen LogP contribution in [0, 0.1) is 35.5 Å². The minimum Gasteiger partial charge on any atom is -0.748 e. The number of allylic oxidation sites excluding steroid dienone is 1. The number of aliphatic imine (C=N–C) groups is 1. The van der Waals surface area contributed by atoms with Gasteiger partial charge < -0.3 is 40.8 Å². The second-order valence-corrected chi connectivity index (χ2v) is 18.5. The summed E-state index contributed by atoms with van der Waals surface area (Å²) in [5, 5.41) is 29.7. The van der Waals surface area contributed by atoms with Crippen LogP contribution in [0.4, 0.5) is 0 Å². The second kappa shape index (κ2) is 17.3. The van der Waals surface area contributed by atoms with E-state index in [0.29, 0.717) is 49.0 Å². The van der Waals surface area contributed by atoms with Gasteiger partial charge in [-0.2, -0.15) is 0 Å². The van der Waals surface area contributed by atoms with Crippen molar-refractivity contribution in [2.24, 2.45) is 40.1 Å². The number of aromatic hydroxyl groups is 1. The molecule has 3 aromatic carbocycles. The molecule has 10 bridgehead atoms. The van der Waals surface area contributed by atoms with Crippen LogP contribution < -0.4 is 45.8 Å². The molecular weight excluding hydrogens is 766 g/mol. The van der Waals surface area contributed by atoms with Crippen LogP contribution in [0.25, 0.3) is 0 Å². The van der Waals surface area contributed by atoms with Crippen molar-refractivity contribution in [3.8, 4) is 23.3 Å². The van der Waals surface area contributed by atoms with Gasteiger partial charge >= 0.3 is 29.6 Å². The maximum Gasteiger partial charge on any atom is 1.00 e. The van der Waals surface area contributed by atoms with Gasteiger partial charge in [-0.1, -0.05) is 61.2 Å². The summed E-state index contributed by atoms with van der Waals surface area (Å²) in [5.41, 5.74) is 16.6. The Balaban J connectivity index is 0.00000512. The zero-order chi connectivity index (χ0) is 40.1. The van der Waals surface area contributed by atoms with Crippen LogP contribution in [0.15, 0.2) is 77.3 Å². The molecule has 13 heteroatoms. The average Bonchev–Trinajstić information content (AvgIpc) is 3.30. The quantitative estimate of drug-likeness (QED) is 0.0616. The van der Waals surface area contributed by atoms with E-state index in [1.54, 1.807) is 12.1 Å². The molecule has 0 spiro atoms. The molecule has 302 valence electrons. The van der Waals surface area contributed by atoms with E-state index in [4.69, 9.17) is 20.9 Å². The molecule has 10 atom stereocenters. The molecule has 1 saturated heterocycles. The van der Waals surface area contributed by atoms with E-state index in [9.17, 15) is 28.3 Å². The van der Waals surface area contributed by atoms with Crippen molar-refractivity contribution in [2.75, 3.05) is 13.2 Å². The van der Waals surface area contributed by atoms with Gasteiger partial charge in [-0.05, 0) is 127 Å². The van der Waals surface area contributed by atoms with Crippen molar-refractivity contribution in [1.82, 2.24) is 0 Å². The van der Waals surface area contributed by atoms with E-state index in [2.05, 4.69) is 23.8 Å². The van der Waals surface area contributed by atoms with E-state index in [0.717, 1.165) is 40.7 Å². The first-order valence-corrected chi connectivity index (χ1v) is 21.7. The number of rotatable bonds is 6. The number of phenols is 1. The monoisotopic (exact) mass is 817 g/mol. The van der Waals surface area contributed by atoms with Gasteiger partial charge in [0.05, 0.1) is 21.5 Å². The SMILES string of the molecule is CC1CCc2cc3ccc2C1CC(S(=O)(=O)[O-])C1C=C2CC(CC4CC(CO)CC#Cc5cc(O)ccc5C2O4)C1c1ccc(cc1)C(CCCO)(N=C(N)N)O3.[Na+]. The number of hydrogen-bond acceptors (Lipinski definition) is 9. The van der Waals surface area contributed by atoms with Crippen LogP contribution in [0.2, 0.25) is 0 Å². The maximum atomic E-state index is 13.9. The molecule has 7 aliphatic rings. The molecule has 2 aliphatic carbocycles. The van der Waals surface area contributed by atoms with Crippen molar-refractivity contribution < 1.29 is 67.3 Å². The molecule has 0 amide bonds. The van der Waals surface area contributed by atoms with E-state index in [1.165, 1.54) is 0 Å². The summed E-state index contributed by atoms with van der Waals surface area (Å²) >= 11 is 0. The zero-order valence-electron chi connectivity index (χ0n) is 33.2.